The number of carbonyl (C=O) groups is 2. The summed E-state index contributed by atoms with van der Waals surface area (Å²) in [6.07, 6.45) is 3.15. The molecule has 0 aliphatic carbocycles. The Kier molecular flexibility index (Phi) is 6.80. The van der Waals surface area contributed by atoms with Gasteiger partial charge < -0.3 is 20.9 Å². The van der Waals surface area contributed by atoms with Gasteiger partial charge in [0.2, 0.25) is 5.91 Å². The van der Waals surface area contributed by atoms with Gasteiger partial charge in [0.25, 0.3) is 0 Å². The summed E-state index contributed by atoms with van der Waals surface area (Å²) >= 11 is 0. The summed E-state index contributed by atoms with van der Waals surface area (Å²) in [6, 6.07) is -0.403. The molecule has 19 heavy (non-hydrogen) atoms. The summed E-state index contributed by atoms with van der Waals surface area (Å²) < 4.78 is 5.11. The second-order valence-electron chi connectivity index (χ2n) is 5.05. The fourth-order valence-corrected chi connectivity index (χ4v) is 2.34. The average Bonchev–Trinajstić information content (AvgIpc) is 2.82. The molecule has 1 fully saturated rings. The van der Waals surface area contributed by atoms with E-state index in [2.05, 4.69) is 12.2 Å². The summed E-state index contributed by atoms with van der Waals surface area (Å²) in [4.78, 5) is 22.7. The number of nitrogens with one attached hydrogen (secondary N) is 1. The van der Waals surface area contributed by atoms with Crippen LogP contribution in [0.25, 0.3) is 0 Å². The number of aliphatic carboxylic acids is 1. The maximum Gasteiger partial charge on any atom is 0.311 e. The smallest absolute Gasteiger partial charge is 0.311 e. The van der Waals surface area contributed by atoms with E-state index in [0.29, 0.717) is 18.9 Å². The molecule has 0 saturated carbocycles. The van der Waals surface area contributed by atoms with Gasteiger partial charge in [0, 0.05) is 6.42 Å². The first kappa shape index (κ1) is 15.9. The lowest BCUT2D eigenvalue weighted by atomic mass is 9.96. The molecule has 1 rings (SSSR count). The van der Waals surface area contributed by atoms with Crippen molar-refractivity contribution in [2.75, 3.05) is 19.8 Å². The van der Waals surface area contributed by atoms with Crippen molar-refractivity contribution in [2.24, 2.45) is 17.6 Å². The topological polar surface area (TPSA) is 102 Å². The van der Waals surface area contributed by atoms with Gasteiger partial charge in [0.1, 0.15) is 5.92 Å². The van der Waals surface area contributed by atoms with E-state index in [9.17, 15) is 9.59 Å². The van der Waals surface area contributed by atoms with Crippen LogP contribution in [-0.2, 0) is 14.3 Å². The Balaban J connectivity index is 2.32. The number of carboxylic acids is 1. The molecule has 0 aromatic carbocycles. The molecule has 3 unspecified atom stereocenters. The number of hydrogen-bond donors (Lipinski definition) is 3. The quantitative estimate of drug-likeness (QED) is 0.592. The van der Waals surface area contributed by atoms with Crippen LogP contribution in [0.5, 0.6) is 0 Å². The summed E-state index contributed by atoms with van der Waals surface area (Å²) in [5, 5.41) is 11.7. The second kappa shape index (κ2) is 8.12. The van der Waals surface area contributed by atoms with Crippen molar-refractivity contribution in [1.82, 2.24) is 5.32 Å². The van der Waals surface area contributed by atoms with Crippen LogP contribution < -0.4 is 11.1 Å². The van der Waals surface area contributed by atoms with Crippen molar-refractivity contribution < 1.29 is 19.4 Å². The molecule has 0 aromatic rings. The number of carboxylic acid groups (broad SMARTS) is 1. The Morgan fingerprint density at radius 1 is 1.42 bits per heavy atom. The van der Waals surface area contributed by atoms with Crippen LogP contribution in [0.15, 0.2) is 0 Å². The third-order valence-corrected chi connectivity index (χ3v) is 3.68. The molecule has 1 heterocycles. The van der Waals surface area contributed by atoms with Crippen LogP contribution in [0.4, 0.5) is 0 Å². The SMILES string of the molecule is CCC(CCN)CCC(=O)NC1COCC1C(=O)O. The van der Waals surface area contributed by atoms with Crippen molar-refractivity contribution in [2.45, 2.75) is 38.6 Å². The minimum absolute atomic E-state index is 0.0998. The fraction of sp³-hybridized carbons (Fsp3) is 0.846. The van der Waals surface area contributed by atoms with Crippen LogP contribution in [-0.4, -0.2) is 42.8 Å². The lowest BCUT2D eigenvalue weighted by Crippen LogP contribution is -2.42. The van der Waals surface area contributed by atoms with E-state index in [-0.39, 0.29) is 19.1 Å². The third-order valence-electron chi connectivity index (χ3n) is 3.68. The number of carbonyl (C=O) groups excluding carboxylic acids is 1. The third kappa shape index (κ3) is 5.16. The normalized spacial score (nSPS) is 24.1. The lowest BCUT2D eigenvalue weighted by Gasteiger charge is -2.17. The maximum atomic E-state index is 11.8. The summed E-state index contributed by atoms with van der Waals surface area (Å²) in [5.74, 6) is -1.18. The molecule has 1 saturated heterocycles. The molecule has 110 valence electrons. The standard InChI is InChI=1S/C13H24N2O4/c1-2-9(5-6-14)3-4-12(16)15-11-8-19-7-10(11)13(17)18/h9-11H,2-8,14H2,1H3,(H,15,16)(H,17,18). The van der Waals surface area contributed by atoms with Gasteiger partial charge in [-0.2, -0.15) is 0 Å². The number of nitrogens with two attached hydrogens (primary N) is 1. The molecule has 0 spiro atoms. The molecule has 6 heteroatoms. The van der Waals surface area contributed by atoms with Gasteiger partial charge in [-0.15, -0.1) is 0 Å². The molecule has 0 bridgehead atoms. The van der Waals surface area contributed by atoms with Gasteiger partial charge >= 0.3 is 5.97 Å². The van der Waals surface area contributed by atoms with E-state index in [4.69, 9.17) is 15.6 Å². The molecule has 3 atom stereocenters. The van der Waals surface area contributed by atoms with Gasteiger partial charge in [-0.05, 0) is 25.3 Å². The Morgan fingerprint density at radius 3 is 2.74 bits per heavy atom. The summed E-state index contributed by atoms with van der Waals surface area (Å²) in [7, 11) is 0. The number of amides is 1. The summed E-state index contributed by atoms with van der Waals surface area (Å²) in [5.41, 5.74) is 5.51. The van der Waals surface area contributed by atoms with E-state index in [0.717, 1.165) is 19.3 Å². The molecule has 0 aromatic heterocycles. The molecule has 1 amide bonds. The van der Waals surface area contributed by atoms with Crippen molar-refractivity contribution in [3.63, 3.8) is 0 Å². The summed E-state index contributed by atoms with van der Waals surface area (Å²) in [6.45, 7) is 3.18. The highest BCUT2D eigenvalue weighted by Crippen LogP contribution is 2.16. The highest BCUT2D eigenvalue weighted by molar-refractivity contribution is 5.78. The zero-order chi connectivity index (χ0) is 14.3. The maximum absolute atomic E-state index is 11.8. The van der Waals surface area contributed by atoms with Crippen molar-refractivity contribution >= 4 is 11.9 Å². The molecule has 1 aliphatic rings. The molecule has 6 nitrogen and oxygen atoms in total. The average molecular weight is 272 g/mol. The molecule has 1 aliphatic heterocycles. The van der Waals surface area contributed by atoms with Crippen LogP contribution in [0.2, 0.25) is 0 Å². The van der Waals surface area contributed by atoms with Crippen LogP contribution in [0.3, 0.4) is 0 Å². The zero-order valence-electron chi connectivity index (χ0n) is 11.4. The first-order valence-corrected chi connectivity index (χ1v) is 6.88. The predicted octanol–water partition coefficient (Wildman–Crippen LogP) is 0.357. The molecular formula is C13H24N2O4. The highest BCUT2D eigenvalue weighted by atomic mass is 16.5. The predicted molar refractivity (Wildman–Crippen MR) is 70.6 cm³/mol. The Hall–Kier alpha value is -1.14. The lowest BCUT2D eigenvalue weighted by molar-refractivity contribution is -0.142. The van der Waals surface area contributed by atoms with Crippen molar-refractivity contribution in [3.05, 3.63) is 0 Å². The Labute approximate surface area is 113 Å². The van der Waals surface area contributed by atoms with Gasteiger partial charge in [-0.25, -0.2) is 0 Å². The van der Waals surface area contributed by atoms with Gasteiger partial charge in [-0.1, -0.05) is 13.3 Å². The fourth-order valence-electron chi connectivity index (χ4n) is 2.34. The monoisotopic (exact) mass is 272 g/mol. The zero-order valence-corrected chi connectivity index (χ0v) is 11.4. The second-order valence-corrected chi connectivity index (χ2v) is 5.05. The van der Waals surface area contributed by atoms with E-state index in [1.165, 1.54) is 0 Å². The van der Waals surface area contributed by atoms with Crippen LogP contribution in [0, 0.1) is 11.8 Å². The van der Waals surface area contributed by atoms with Gasteiger partial charge in [0.05, 0.1) is 19.3 Å². The first-order valence-electron chi connectivity index (χ1n) is 6.88. The number of hydrogen-bond acceptors (Lipinski definition) is 4. The van der Waals surface area contributed by atoms with Gasteiger partial charge in [-0.3, -0.25) is 9.59 Å². The van der Waals surface area contributed by atoms with E-state index >= 15 is 0 Å². The Bertz CT molecular complexity index is 309. The van der Waals surface area contributed by atoms with E-state index in [1.54, 1.807) is 0 Å². The van der Waals surface area contributed by atoms with E-state index in [1.807, 2.05) is 0 Å². The molecular weight excluding hydrogens is 248 g/mol. The van der Waals surface area contributed by atoms with Crippen LogP contribution >= 0.6 is 0 Å². The van der Waals surface area contributed by atoms with Crippen molar-refractivity contribution in [3.8, 4) is 0 Å². The Morgan fingerprint density at radius 2 is 2.16 bits per heavy atom. The van der Waals surface area contributed by atoms with Crippen molar-refractivity contribution in [1.29, 1.82) is 0 Å². The first-order chi connectivity index (χ1) is 9.08. The highest BCUT2D eigenvalue weighted by Gasteiger charge is 2.34. The van der Waals surface area contributed by atoms with Crippen LogP contribution in [0.1, 0.15) is 32.6 Å². The molecule has 0 radical (unpaired) electrons. The number of ether oxygens (including phenoxy) is 1. The number of rotatable bonds is 8. The minimum atomic E-state index is -0.919. The largest absolute Gasteiger partial charge is 0.481 e. The molecule has 4 N–H and O–H groups in total. The van der Waals surface area contributed by atoms with E-state index < -0.39 is 17.9 Å². The van der Waals surface area contributed by atoms with Gasteiger partial charge in [0.15, 0.2) is 0 Å². The minimum Gasteiger partial charge on any atom is -0.481 e.